The molecule has 180 valence electrons. The minimum Gasteiger partial charge on any atom is -0.497 e. The first-order chi connectivity index (χ1) is 16.2. The molecule has 1 N–H and O–H groups in total. The van der Waals surface area contributed by atoms with E-state index in [1.54, 1.807) is 25.3 Å². The van der Waals surface area contributed by atoms with Crippen molar-refractivity contribution in [2.45, 2.75) is 13.0 Å². The van der Waals surface area contributed by atoms with E-state index < -0.39 is 15.8 Å². The molecule has 3 rings (SSSR count). The Labute approximate surface area is 199 Å². The SMILES string of the molecule is COc1ccc(CCNC(=O)c2ccc(OC)c(CN(c3ccc(F)cc3)S(C)(=O)=O)c2)cc1. The van der Waals surface area contributed by atoms with Crippen molar-refractivity contribution in [1.82, 2.24) is 5.32 Å². The molecule has 0 radical (unpaired) electrons. The van der Waals surface area contributed by atoms with E-state index in [2.05, 4.69) is 5.32 Å². The lowest BCUT2D eigenvalue weighted by molar-refractivity contribution is 0.0954. The summed E-state index contributed by atoms with van der Waals surface area (Å²) in [6, 6.07) is 17.6. The lowest BCUT2D eigenvalue weighted by Crippen LogP contribution is -2.30. The van der Waals surface area contributed by atoms with Gasteiger partial charge in [0.2, 0.25) is 10.0 Å². The highest BCUT2D eigenvalue weighted by atomic mass is 32.2. The van der Waals surface area contributed by atoms with Gasteiger partial charge in [0.25, 0.3) is 5.91 Å². The third kappa shape index (κ3) is 6.48. The van der Waals surface area contributed by atoms with E-state index in [4.69, 9.17) is 9.47 Å². The first kappa shape index (κ1) is 25.0. The van der Waals surface area contributed by atoms with Crippen LogP contribution in [-0.4, -0.2) is 41.3 Å². The van der Waals surface area contributed by atoms with Gasteiger partial charge in [-0.15, -0.1) is 0 Å². The van der Waals surface area contributed by atoms with E-state index in [0.717, 1.165) is 21.9 Å². The molecule has 1 amide bonds. The molecule has 0 aliphatic rings. The molecule has 0 aromatic heterocycles. The van der Waals surface area contributed by atoms with Crippen LogP contribution in [0.2, 0.25) is 0 Å². The Balaban J connectivity index is 1.75. The van der Waals surface area contributed by atoms with Crippen molar-refractivity contribution in [3.8, 4) is 11.5 Å². The van der Waals surface area contributed by atoms with E-state index in [0.29, 0.717) is 35.5 Å². The Bertz CT molecular complexity index is 1230. The van der Waals surface area contributed by atoms with Crippen LogP contribution in [0, 0.1) is 5.82 Å². The molecule has 34 heavy (non-hydrogen) atoms. The quantitative estimate of drug-likeness (QED) is 0.472. The van der Waals surface area contributed by atoms with Crippen molar-refractivity contribution in [3.05, 3.63) is 89.2 Å². The second-order valence-electron chi connectivity index (χ2n) is 7.63. The highest BCUT2D eigenvalue weighted by Gasteiger charge is 2.21. The van der Waals surface area contributed by atoms with E-state index >= 15 is 0 Å². The molecule has 3 aromatic carbocycles. The summed E-state index contributed by atoms with van der Waals surface area (Å²) in [4.78, 5) is 12.7. The van der Waals surface area contributed by atoms with Crippen LogP contribution in [0.3, 0.4) is 0 Å². The number of hydrogen-bond acceptors (Lipinski definition) is 5. The number of nitrogens with zero attached hydrogens (tertiary/aromatic N) is 1. The average Bonchev–Trinajstić information content (AvgIpc) is 2.82. The van der Waals surface area contributed by atoms with Crippen LogP contribution >= 0.6 is 0 Å². The minimum atomic E-state index is -3.69. The summed E-state index contributed by atoms with van der Waals surface area (Å²) in [7, 11) is -0.618. The smallest absolute Gasteiger partial charge is 0.251 e. The number of anilines is 1. The average molecular weight is 487 g/mol. The number of hydrogen-bond donors (Lipinski definition) is 1. The summed E-state index contributed by atoms with van der Waals surface area (Å²) in [6.45, 7) is 0.345. The summed E-state index contributed by atoms with van der Waals surface area (Å²) in [6.07, 6.45) is 1.71. The van der Waals surface area contributed by atoms with Gasteiger partial charge in [0.15, 0.2) is 0 Å². The molecule has 0 aliphatic heterocycles. The van der Waals surface area contributed by atoms with Crippen LogP contribution in [0.1, 0.15) is 21.5 Å². The van der Waals surface area contributed by atoms with Crippen molar-refractivity contribution in [3.63, 3.8) is 0 Å². The molecule has 0 heterocycles. The zero-order valence-electron chi connectivity index (χ0n) is 19.2. The summed E-state index contributed by atoms with van der Waals surface area (Å²) in [5.74, 6) is 0.445. The minimum absolute atomic E-state index is 0.0827. The van der Waals surface area contributed by atoms with Gasteiger partial charge in [-0.3, -0.25) is 9.10 Å². The maximum atomic E-state index is 13.3. The molecule has 0 spiro atoms. The monoisotopic (exact) mass is 486 g/mol. The predicted octanol–water partition coefficient (Wildman–Crippen LogP) is 3.78. The van der Waals surface area contributed by atoms with Gasteiger partial charge in [-0.25, -0.2) is 12.8 Å². The van der Waals surface area contributed by atoms with Gasteiger partial charge in [-0.05, 0) is 66.6 Å². The van der Waals surface area contributed by atoms with Crippen LogP contribution in [-0.2, 0) is 23.0 Å². The first-order valence-corrected chi connectivity index (χ1v) is 12.4. The standard InChI is InChI=1S/C25H27FN2O5S/c1-32-23-11-4-18(5-12-23)14-15-27-25(29)19-6-13-24(33-2)20(16-19)17-28(34(3,30)31)22-9-7-21(26)8-10-22/h4-13,16H,14-15,17H2,1-3H3,(H,27,29). The maximum absolute atomic E-state index is 13.3. The molecule has 0 atom stereocenters. The van der Waals surface area contributed by atoms with Gasteiger partial charge in [-0.1, -0.05) is 12.1 Å². The molecule has 9 heteroatoms. The largest absolute Gasteiger partial charge is 0.497 e. The Kier molecular flexibility index (Phi) is 8.12. The number of carbonyl (C=O) groups excluding carboxylic acids is 1. The number of nitrogens with one attached hydrogen (secondary N) is 1. The summed E-state index contributed by atoms with van der Waals surface area (Å²) >= 11 is 0. The topological polar surface area (TPSA) is 84.9 Å². The van der Waals surface area contributed by atoms with Gasteiger partial charge in [-0.2, -0.15) is 0 Å². The lowest BCUT2D eigenvalue weighted by atomic mass is 10.1. The second kappa shape index (κ2) is 11.0. The third-order valence-electron chi connectivity index (χ3n) is 5.23. The fraction of sp³-hybridized carbons (Fsp3) is 0.240. The molecular formula is C25H27FN2O5S. The molecule has 0 saturated carbocycles. The molecule has 3 aromatic rings. The molecule has 0 unspecified atom stereocenters. The van der Waals surface area contributed by atoms with Crippen LogP contribution in [0.25, 0.3) is 0 Å². The first-order valence-electron chi connectivity index (χ1n) is 10.5. The fourth-order valence-corrected chi connectivity index (χ4v) is 4.30. The maximum Gasteiger partial charge on any atom is 0.251 e. The molecule has 0 aliphatic carbocycles. The molecule has 0 bridgehead atoms. The molecule has 7 nitrogen and oxygen atoms in total. The highest BCUT2D eigenvalue weighted by Crippen LogP contribution is 2.26. The number of methoxy groups -OCH3 is 2. The number of rotatable bonds is 10. The van der Waals surface area contributed by atoms with E-state index in [1.165, 1.54) is 31.4 Å². The number of amides is 1. The Morgan fingerprint density at radius 3 is 2.24 bits per heavy atom. The number of carbonyl (C=O) groups is 1. The summed E-state index contributed by atoms with van der Waals surface area (Å²) in [5.41, 5.74) is 2.23. The Hall–Kier alpha value is -3.59. The number of halogens is 1. The van der Waals surface area contributed by atoms with Gasteiger partial charge >= 0.3 is 0 Å². The molecule has 0 fully saturated rings. The molecular weight excluding hydrogens is 459 g/mol. The highest BCUT2D eigenvalue weighted by molar-refractivity contribution is 7.92. The van der Waals surface area contributed by atoms with Gasteiger partial charge in [0.05, 0.1) is 32.7 Å². The Morgan fingerprint density at radius 1 is 0.971 bits per heavy atom. The van der Waals surface area contributed by atoms with Crippen LogP contribution in [0.15, 0.2) is 66.7 Å². The number of ether oxygens (including phenoxy) is 2. The summed E-state index contributed by atoms with van der Waals surface area (Å²) in [5, 5.41) is 2.88. The van der Waals surface area contributed by atoms with Crippen LogP contribution in [0.5, 0.6) is 11.5 Å². The number of benzene rings is 3. The van der Waals surface area contributed by atoms with Gasteiger partial charge in [0.1, 0.15) is 17.3 Å². The zero-order chi connectivity index (χ0) is 24.7. The predicted molar refractivity (Wildman–Crippen MR) is 129 cm³/mol. The second-order valence-corrected chi connectivity index (χ2v) is 9.53. The zero-order valence-corrected chi connectivity index (χ0v) is 20.1. The van der Waals surface area contributed by atoms with Gasteiger partial charge < -0.3 is 14.8 Å². The van der Waals surface area contributed by atoms with E-state index in [1.807, 2.05) is 24.3 Å². The van der Waals surface area contributed by atoms with Crippen molar-refractivity contribution < 1.29 is 27.1 Å². The van der Waals surface area contributed by atoms with Crippen molar-refractivity contribution >= 4 is 21.6 Å². The van der Waals surface area contributed by atoms with E-state index in [9.17, 15) is 17.6 Å². The lowest BCUT2D eigenvalue weighted by Gasteiger charge is -2.24. The third-order valence-corrected chi connectivity index (χ3v) is 6.37. The summed E-state index contributed by atoms with van der Waals surface area (Å²) < 4.78 is 49.9. The Morgan fingerprint density at radius 2 is 1.65 bits per heavy atom. The fourth-order valence-electron chi connectivity index (χ4n) is 3.42. The van der Waals surface area contributed by atoms with Crippen molar-refractivity contribution in [1.29, 1.82) is 0 Å². The van der Waals surface area contributed by atoms with Crippen molar-refractivity contribution in [2.24, 2.45) is 0 Å². The number of sulfonamides is 1. The van der Waals surface area contributed by atoms with E-state index in [-0.39, 0.29) is 12.5 Å². The van der Waals surface area contributed by atoms with Gasteiger partial charge in [0, 0.05) is 17.7 Å². The normalized spacial score (nSPS) is 11.1. The van der Waals surface area contributed by atoms with Crippen LogP contribution < -0.4 is 19.1 Å². The van der Waals surface area contributed by atoms with Crippen molar-refractivity contribution in [2.75, 3.05) is 31.3 Å². The molecule has 0 saturated heterocycles. The van der Waals surface area contributed by atoms with Crippen LogP contribution in [0.4, 0.5) is 10.1 Å².